The summed E-state index contributed by atoms with van der Waals surface area (Å²) in [5.74, 6) is -0.0844. The maximum absolute atomic E-state index is 11.5. The van der Waals surface area contributed by atoms with Crippen LogP contribution in [0.4, 0.5) is 0 Å². The summed E-state index contributed by atoms with van der Waals surface area (Å²) in [5, 5.41) is 10.5. The number of carboxylic acids is 1. The first-order chi connectivity index (χ1) is 9.71. The molecule has 1 aromatic carbocycles. The van der Waals surface area contributed by atoms with Crippen molar-refractivity contribution in [1.82, 2.24) is 4.98 Å². The van der Waals surface area contributed by atoms with Crippen LogP contribution in [0.3, 0.4) is 0 Å². The lowest BCUT2D eigenvalue weighted by Crippen LogP contribution is -2.34. The number of nitrogens with zero attached hydrogens (tertiary/aromatic N) is 1. The number of rotatable bonds is 4. The molecule has 0 saturated heterocycles. The van der Waals surface area contributed by atoms with E-state index in [9.17, 15) is 9.90 Å². The molecule has 0 bridgehead atoms. The molecule has 0 amide bonds. The quantitative estimate of drug-likeness (QED) is 0.927. The number of carbonyl (C=O) groups is 1. The molecule has 2 aromatic rings. The molecule has 1 aromatic heterocycles. The number of pyridine rings is 1. The van der Waals surface area contributed by atoms with Gasteiger partial charge in [0.2, 0.25) is 0 Å². The van der Waals surface area contributed by atoms with Gasteiger partial charge in [-0.15, -0.1) is 0 Å². The zero-order valence-corrected chi connectivity index (χ0v) is 11.2. The van der Waals surface area contributed by atoms with Crippen LogP contribution in [0.25, 0.3) is 10.9 Å². The van der Waals surface area contributed by atoms with Gasteiger partial charge in [-0.1, -0.05) is 31.0 Å². The van der Waals surface area contributed by atoms with Crippen molar-refractivity contribution >= 4 is 16.9 Å². The Morgan fingerprint density at radius 1 is 1.25 bits per heavy atom. The second-order valence-electron chi connectivity index (χ2n) is 5.41. The van der Waals surface area contributed by atoms with Crippen LogP contribution < -0.4 is 4.74 Å². The fourth-order valence-corrected chi connectivity index (χ4v) is 2.88. The summed E-state index contributed by atoms with van der Waals surface area (Å²) in [6, 6.07) is 9.57. The number of hydrogen-bond donors (Lipinski definition) is 1. The van der Waals surface area contributed by atoms with Gasteiger partial charge in [-0.2, -0.15) is 0 Å². The second kappa shape index (κ2) is 5.12. The third-order valence-corrected chi connectivity index (χ3v) is 4.11. The van der Waals surface area contributed by atoms with E-state index in [0.717, 1.165) is 23.7 Å². The molecule has 1 aliphatic rings. The van der Waals surface area contributed by atoms with Gasteiger partial charge in [-0.25, -0.2) is 0 Å². The Labute approximate surface area is 117 Å². The van der Waals surface area contributed by atoms with E-state index in [0.29, 0.717) is 18.6 Å². The van der Waals surface area contributed by atoms with Gasteiger partial charge in [-0.3, -0.25) is 9.78 Å². The van der Waals surface area contributed by atoms with E-state index in [1.54, 1.807) is 6.20 Å². The van der Waals surface area contributed by atoms with Crippen LogP contribution in [0.2, 0.25) is 0 Å². The van der Waals surface area contributed by atoms with E-state index in [2.05, 4.69) is 4.98 Å². The third-order valence-electron chi connectivity index (χ3n) is 4.11. The highest BCUT2D eigenvalue weighted by Gasteiger charge is 2.42. The predicted octanol–water partition coefficient (Wildman–Crippen LogP) is 3.26. The average Bonchev–Trinajstić information content (AvgIpc) is 2.95. The SMILES string of the molecule is O=C(O)C1(COc2cccc3cccnc23)CCCC1. The summed E-state index contributed by atoms with van der Waals surface area (Å²) >= 11 is 0. The lowest BCUT2D eigenvalue weighted by molar-refractivity contribution is -0.150. The third kappa shape index (κ3) is 2.22. The van der Waals surface area contributed by atoms with Gasteiger partial charge in [0, 0.05) is 11.6 Å². The summed E-state index contributed by atoms with van der Waals surface area (Å²) in [6.45, 7) is 0.220. The van der Waals surface area contributed by atoms with Gasteiger partial charge in [-0.05, 0) is 25.0 Å². The smallest absolute Gasteiger partial charge is 0.313 e. The van der Waals surface area contributed by atoms with Crippen LogP contribution in [0.15, 0.2) is 36.5 Å². The van der Waals surface area contributed by atoms with Crippen molar-refractivity contribution < 1.29 is 14.6 Å². The molecule has 4 heteroatoms. The van der Waals surface area contributed by atoms with E-state index in [-0.39, 0.29) is 6.61 Å². The number of hydrogen-bond acceptors (Lipinski definition) is 3. The molecule has 104 valence electrons. The predicted molar refractivity (Wildman–Crippen MR) is 75.8 cm³/mol. The van der Waals surface area contributed by atoms with Gasteiger partial charge in [0.15, 0.2) is 0 Å². The van der Waals surface area contributed by atoms with Gasteiger partial charge in [0.25, 0.3) is 0 Å². The van der Waals surface area contributed by atoms with Crippen LogP contribution in [0.5, 0.6) is 5.75 Å². The van der Waals surface area contributed by atoms with Gasteiger partial charge in [0.05, 0.1) is 0 Å². The maximum Gasteiger partial charge on any atom is 0.313 e. The Hall–Kier alpha value is -2.10. The summed E-state index contributed by atoms with van der Waals surface area (Å²) < 4.78 is 5.82. The van der Waals surface area contributed by atoms with Crippen molar-refractivity contribution in [3.05, 3.63) is 36.5 Å². The molecule has 1 N–H and O–H groups in total. The monoisotopic (exact) mass is 271 g/mol. The number of carboxylic acid groups (broad SMARTS) is 1. The molecule has 1 saturated carbocycles. The largest absolute Gasteiger partial charge is 0.490 e. The molecule has 1 fully saturated rings. The summed E-state index contributed by atoms with van der Waals surface area (Å²) in [4.78, 5) is 15.8. The minimum atomic E-state index is -0.747. The highest BCUT2D eigenvalue weighted by molar-refractivity contribution is 5.84. The number of ether oxygens (including phenoxy) is 1. The normalized spacial score (nSPS) is 17.2. The number of aliphatic carboxylic acids is 1. The first-order valence-corrected chi connectivity index (χ1v) is 6.91. The van der Waals surface area contributed by atoms with Crippen molar-refractivity contribution in [2.75, 3.05) is 6.61 Å². The van der Waals surface area contributed by atoms with Gasteiger partial charge >= 0.3 is 5.97 Å². The van der Waals surface area contributed by atoms with E-state index in [1.165, 1.54) is 0 Å². The van der Waals surface area contributed by atoms with Crippen LogP contribution in [-0.4, -0.2) is 22.7 Å². The Morgan fingerprint density at radius 3 is 2.75 bits per heavy atom. The molecule has 1 heterocycles. The van der Waals surface area contributed by atoms with Gasteiger partial charge < -0.3 is 9.84 Å². The lowest BCUT2D eigenvalue weighted by Gasteiger charge is -2.24. The molecule has 0 spiro atoms. The van der Waals surface area contributed by atoms with Crippen LogP contribution in [0.1, 0.15) is 25.7 Å². The highest BCUT2D eigenvalue weighted by atomic mass is 16.5. The lowest BCUT2D eigenvalue weighted by atomic mass is 9.87. The summed E-state index contributed by atoms with van der Waals surface area (Å²) in [6.07, 6.45) is 5.03. The van der Waals surface area contributed by atoms with Crippen LogP contribution in [0, 0.1) is 5.41 Å². The number of benzene rings is 1. The number of para-hydroxylation sites is 1. The Kier molecular flexibility index (Phi) is 3.30. The molecule has 0 atom stereocenters. The Bertz CT molecular complexity index is 627. The molecule has 0 unspecified atom stereocenters. The first-order valence-electron chi connectivity index (χ1n) is 6.91. The molecule has 1 aliphatic carbocycles. The summed E-state index contributed by atoms with van der Waals surface area (Å²) in [7, 11) is 0. The minimum absolute atomic E-state index is 0.220. The van der Waals surface area contributed by atoms with Crippen molar-refractivity contribution in [1.29, 1.82) is 0 Å². The molecular formula is C16H17NO3. The Balaban J connectivity index is 1.85. The zero-order valence-electron chi connectivity index (χ0n) is 11.2. The highest BCUT2D eigenvalue weighted by Crippen LogP contribution is 2.39. The van der Waals surface area contributed by atoms with E-state index in [1.807, 2.05) is 30.3 Å². The molecule has 0 aliphatic heterocycles. The second-order valence-corrected chi connectivity index (χ2v) is 5.41. The molecule has 0 radical (unpaired) electrons. The Morgan fingerprint density at radius 2 is 2.00 bits per heavy atom. The van der Waals surface area contributed by atoms with E-state index >= 15 is 0 Å². The standard InChI is InChI=1S/C16H17NO3/c18-15(19)16(8-1-2-9-16)11-20-13-7-3-5-12-6-4-10-17-14(12)13/h3-7,10H,1-2,8-9,11H2,(H,18,19). The maximum atomic E-state index is 11.5. The fourth-order valence-electron chi connectivity index (χ4n) is 2.88. The van der Waals surface area contributed by atoms with Crippen molar-refractivity contribution in [2.24, 2.45) is 5.41 Å². The average molecular weight is 271 g/mol. The van der Waals surface area contributed by atoms with Crippen molar-refractivity contribution in [3.63, 3.8) is 0 Å². The zero-order chi connectivity index (χ0) is 14.0. The topological polar surface area (TPSA) is 59.4 Å². The van der Waals surface area contributed by atoms with Crippen molar-refractivity contribution in [2.45, 2.75) is 25.7 Å². The first kappa shape index (κ1) is 12.9. The van der Waals surface area contributed by atoms with Gasteiger partial charge in [0.1, 0.15) is 23.3 Å². The van der Waals surface area contributed by atoms with E-state index in [4.69, 9.17) is 4.74 Å². The van der Waals surface area contributed by atoms with Crippen LogP contribution in [-0.2, 0) is 4.79 Å². The fraction of sp³-hybridized carbons (Fsp3) is 0.375. The minimum Gasteiger partial charge on any atom is -0.490 e. The molecule has 3 rings (SSSR count). The van der Waals surface area contributed by atoms with Crippen molar-refractivity contribution in [3.8, 4) is 5.75 Å². The summed E-state index contributed by atoms with van der Waals surface area (Å²) in [5.41, 5.74) is 0.0604. The molecule has 20 heavy (non-hydrogen) atoms. The molecule has 4 nitrogen and oxygen atoms in total. The van der Waals surface area contributed by atoms with Crippen LogP contribution >= 0.6 is 0 Å². The van der Waals surface area contributed by atoms with E-state index < -0.39 is 11.4 Å². The number of aromatic nitrogens is 1. The molecular weight excluding hydrogens is 254 g/mol. The number of fused-ring (bicyclic) bond motifs is 1.